The smallest absolute Gasteiger partial charge is 0.130 e. The Morgan fingerprint density at radius 2 is 0.909 bits per heavy atom. The fourth-order valence-corrected chi connectivity index (χ4v) is 14.2. The van der Waals surface area contributed by atoms with Gasteiger partial charge in [0.05, 0.1) is 5.56 Å². The van der Waals surface area contributed by atoms with Crippen LogP contribution >= 0.6 is 20.8 Å². The summed E-state index contributed by atoms with van der Waals surface area (Å²) in [4.78, 5) is 12.3. The van der Waals surface area contributed by atoms with Crippen LogP contribution in [0.1, 0.15) is 93.8 Å². The average Bonchev–Trinajstić information content (AvgIpc) is 3.06. The third kappa shape index (κ3) is 8.61. The van der Waals surface area contributed by atoms with Gasteiger partial charge in [0.15, 0.2) is 5.78 Å². The first-order chi connectivity index (χ1) is 21.4. The van der Waals surface area contributed by atoms with Gasteiger partial charge in [-0.2, -0.15) is 0 Å². The van der Waals surface area contributed by atoms with Gasteiger partial charge >= 0.3 is 204 Å². The number of halogens is 1. The van der Waals surface area contributed by atoms with E-state index in [2.05, 4.69) is 106 Å². The van der Waals surface area contributed by atoms with Crippen LogP contribution in [0.2, 0.25) is 0 Å². The Hall–Kier alpha value is -2.94. The molecule has 0 fully saturated rings. The van der Waals surface area contributed by atoms with Crippen LogP contribution in [-0.2, 0) is 0 Å². The number of benzene rings is 4. The zero-order valence-electron chi connectivity index (χ0n) is 25.9. The molecule has 0 aliphatic carbocycles. The van der Waals surface area contributed by atoms with Gasteiger partial charge in [0.25, 0.3) is 0 Å². The van der Waals surface area contributed by atoms with Gasteiger partial charge in [-0.1, -0.05) is 0 Å². The number of carbonyl (C=O) groups is 1. The van der Waals surface area contributed by atoms with Crippen LogP contribution < -0.4 is 15.9 Å². The van der Waals surface area contributed by atoms with E-state index in [-0.39, 0.29) is 17.3 Å². The molecule has 0 aliphatic rings. The molecule has 4 aromatic rings. The molecule has 44 heavy (non-hydrogen) atoms. The molecule has 0 bridgehead atoms. The van der Waals surface area contributed by atoms with Crippen LogP contribution in [0.3, 0.4) is 0 Å². The second-order valence-corrected chi connectivity index (χ2v) is 21.1. The topological polar surface area (TPSA) is 57.5 Å². The summed E-state index contributed by atoms with van der Waals surface area (Å²) in [6.07, 6.45) is 16.0. The summed E-state index contributed by atoms with van der Waals surface area (Å²) in [5, 5.41) is 20.7. The molecule has 234 valence electrons. The van der Waals surface area contributed by atoms with Gasteiger partial charge < -0.3 is 10.2 Å². The molecule has 0 saturated carbocycles. The molecular formula is C39H48BrO3P. The van der Waals surface area contributed by atoms with Crippen molar-refractivity contribution in [2.24, 2.45) is 0 Å². The summed E-state index contributed by atoms with van der Waals surface area (Å²) in [6.45, 7) is 0. The number of phenolic OH excluding ortho intramolecular Hbond substituents is 2. The van der Waals surface area contributed by atoms with Gasteiger partial charge in [0, 0.05) is 12.5 Å². The molecule has 0 spiro atoms. The van der Waals surface area contributed by atoms with Crippen LogP contribution in [0.15, 0.2) is 109 Å². The Kier molecular flexibility index (Phi) is 13.1. The van der Waals surface area contributed by atoms with Crippen molar-refractivity contribution < 1.29 is 15.0 Å². The quantitative estimate of drug-likeness (QED) is 0.0591. The van der Waals surface area contributed by atoms with E-state index in [0.717, 1.165) is 25.4 Å². The molecular weight excluding hydrogens is 627 g/mol. The number of hydrogen-bond donors (Lipinski definition) is 2. The fourth-order valence-electron chi connectivity index (χ4n) is 6.40. The molecule has 0 atom stereocenters. The number of unbranched alkanes of at least 4 members (excludes halogenated alkanes) is 11. The van der Waals surface area contributed by atoms with E-state index in [9.17, 15) is 15.0 Å². The Labute approximate surface area is 272 Å². The number of ketones is 1. The van der Waals surface area contributed by atoms with Crippen LogP contribution in [0.25, 0.3) is 0 Å². The summed E-state index contributed by atoms with van der Waals surface area (Å²) in [6, 6.07) is 37.5. The van der Waals surface area contributed by atoms with E-state index in [1.807, 2.05) is 0 Å². The first-order valence-corrected chi connectivity index (χ1v) is 20.8. The molecule has 0 aliphatic heterocycles. The SMILES string of the molecule is O=C(CCCCCCCCCCCCCCP(Br)(c1ccccc1)(c1ccccc1)c1ccccc1)c1ccc(O)cc1O. The van der Waals surface area contributed by atoms with Crippen molar-refractivity contribution in [2.45, 2.75) is 83.5 Å². The van der Waals surface area contributed by atoms with Crippen LogP contribution in [0, 0.1) is 0 Å². The van der Waals surface area contributed by atoms with E-state index in [0.29, 0.717) is 12.0 Å². The number of phenols is 2. The maximum Gasteiger partial charge on any atom is 0.130 e. The van der Waals surface area contributed by atoms with Crippen molar-refractivity contribution in [3.8, 4) is 11.5 Å². The molecule has 0 unspecified atom stereocenters. The third-order valence-corrected chi connectivity index (χ3v) is 18.9. The largest absolute Gasteiger partial charge is 0.508 e. The van der Waals surface area contributed by atoms with E-state index < -0.39 is 5.31 Å². The minimum atomic E-state index is -2.79. The summed E-state index contributed by atoms with van der Waals surface area (Å²) >= 11 is 4.57. The maximum absolute atomic E-state index is 12.3. The summed E-state index contributed by atoms with van der Waals surface area (Å²) in [5.41, 5.74) is 0.305. The number of carbonyl (C=O) groups excluding carboxylic acids is 1. The van der Waals surface area contributed by atoms with Gasteiger partial charge in [-0.3, -0.25) is 4.79 Å². The Bertz CT molecular complexity index is 1330. The third-order valence-electron chi connectivity index (χ3n) is 8.90. The van der Waals surface area contributed by atoms with Crippen LogP contribution in [0.5, 0.6) is 11.5 Å². The van der Waals surface area contributed by atoms with Crippen molar-refractivity contribution in [3.63, 3.8) is 0 Å². The summed E-state index contributed by atoms with van der Waals surface area (Å²) in [7, 11) is 0. The zero-order chi connectivity index (χ0) is 31.1. The number of aromatic hydroxyl groups is 2. The number of Topliss-reactive ketones (excluding diaryl/α,β-unsaturated/α-hetero) is 1. The molecule has 0 aromatic heterocycles. The average molecular weight is 676 g/mol. The molecule has 0 amide bonds. The second kappa shape index (κ2) is 16.9. The molecule has 0 radical (unpaired) electrons. The van der Waals surface area contributed by atoms with E-state index in [4.69, 9.17) is 0 Å². The molecule has 0 heterocycles. The van der Waals surface area contributed by atoms with E-state index in [1.54, 1.807) is 0 Å². The summed E-state index contributed by atoms with van der Waals surface area (Å²) in [5.74, 6) is -0.217. The zero-order valence-corrected chi connectivity index (χ0v) is 28.4. The Morgan fingerprint density at radius 3 is 1.32 bits per heavy atom. The normalized spacial score (nSPS) is 12.4. The van der Waals surface area contributed by atoms with Gasteiger partial charge in [0.2, 0.25) is 0 Å². The maximum atomic E-state index is 12.3. The van der Waals surface area contributed by atoms with Gasteiger partial charge in [0.1, 0.15) is 11.5 Å². The Balaban J connectivity index is 1.15. The molecule has 3 nitrogen and oxygen atoms in total. The predicted octanol–water partition coefficient (Wildman–Crippen LogP) is 10.2. The first kappa shape index (κ1) is 33.9. The van der Waals surface area contributed by atoms with Crippen molar-refractivity contribution >= 4 is 42.5 Å². The fraction of sp³-hybridized carbons (Fsp3) is 0.359. The van der Waals surface area contributed by atoms with E-state index in [1.165, 1.54) is 91.9 Å². The monoisotopic (exact) mass is 674 g/mol. The summed E-state index contributed by atoms with van der Waals surface area (Å²) < 4.78 is 0. The van der Waals surface area contributed by atoms with Crippen LogP contribution in [-0.4, -0.2) is 22.2 Å². The van der Waals surface area contributed by atoms with Gasteiger partial charge in [-0.05, 0) is 18.6 Å². The molecule has 0 saturated heterocycles. The number of rotatable bonds is 19. The molecule has 4 rings (SSSR count). The van der Waals surface area contributed by atoms with Gasteiger partial charge in [-0.15, -0.1) is 0 Å². The van der Waals surface area contributed by atoms with Crippen molar-refractivity contribution in [2.75, 3.05) is 6.16 Å². The minimum Gasteiger partial charge on any atom is -0.508 e. The van der Waals surface area contributed by atoms with Crippen molar-refractivity contribution in [3.05, 3.63) is 115 Å². The standard InChI is InChI=1S/C39H48BrO3P/c40-44(34-22-14-11-15-23-34,35-24-16-12-17-25-35,36-26-18-13-19-27-36)31-21-10-8-6-4-2-1-3-5-7-9-20-28-38(42)37-30-29-33(41)32-39(37)43/h11-19,22-27,29-30,32,41,43H,1-10,20-21,28,31H2. The Morgan fingerprint density at radius 1 is 0.523 bits per heavy atom. The first-order valence-electron chi connectivity index (χ1n) is 16.4. The molecule has 2 N–H and O–H groups in total. The minimum absolute atomic E-state index is 0.0272. The molecule has 4 aromatic carbocycles. The van der Waals surface area contributed by atoms with Gasteiger partial charge in [-0.25, -0.2) is 0 Å². The number of hydrogen-bond acceptors (Lipinski definition) is 3. The molecule has 5 heteroatoms. The van der Waals surface area contributed by atoms with E-state index >= 15 is 0 Å². The van der Waals surface area contributed by atoms with Crippen molar-refractivity contribution in [1.29, 1.82) is 0 Å². The second-order valence-electron chi connectivity index (χ2n) is 12.0. The van der Waals surface area contributed by atoms with Crippen molar-refractivity contribution in [1.82, 2.24) is 0 Å². The van der Waals surface area contributed by atoms with Crippen LogP contribution in [0.4, 0.5) is 0 Å². The predicted molar refractivity (Wildman–Crippen MR) is 193 cm³/mol.